The number of alkyl halides is 1. The molecule has 24 heavy (non-hydrogen) atoms. The first-order valence-electron chi connectivity index (χ1n) is 7.74. The van der Waals surface area contributed by atoms with Gasteiger partial charge in [-0.2, -0.15) is 17.4 Å². The maximum atomic E-state index is 14.9. The summed E-state index contributed by atoms with van der Waals surface area (Å²) in [5.41, 5.74) is 7.45. The van der Waals surface area contributed by atoms with Crippen LogP contribution < -0.4 is 10.5 Å². The minimum atomic E-state index is -3.64. The number of hydrogen-bond donors (Lipinski definition) is 2. The minimum Gasteiger partial charge on any atom is -0.399 e. The highest BCUT2D eigenvalue weighted by Crippen LogP contribution is 2.34. The lowest BCUT2D eigenvalue weighted by Gasteiger charge is -2.27. The van der Waals surface area contributed by atoms with Gasteiger partial charge in [0.1, 0.15) is 5.67 Å². The molecule has 3 N–H and O–H groups in total. The van der Waals surface area contributed by atoms with E-state index in [2.05, 4.69) is 4.72 Å². The number of halogens is 1. The molecule has 1 atom stereocenters. The highest BCUT2D eigenvalue weighted by atomic mass is 32.2. The summed E-state index contributed by atoms with van der Waals surface area (Å²) in [4.78, 5) is 0. The second kappa shape index (κ2) is 7.04. The Hall–Kier alpha value is -1.70. The number of hydrogen-bond acceptors (Lipinski definition) is 3. The monoisotopic (exact) mass is 353 g/mol. The average Bonchev–Trinajstić information content (AvgIpc) is 2.53. The minimum absolute atomic E-state index is 0.291. The predicted molar refractivity (Wildman–Crippen MR) is 96.3 cm³/mol. The molecule has 0 aliphatic heterocycles. The Labute approximate surface area is 143 Å². The molecule has 1 aliphatic rings. The molecule has 0 heterocycles. The summed E-state index contributed by atoms with van der Waals surface area (Å²) in [6, 6.07) is 7.58. The second-order valence-corrected chi connectivity index (χ2v) is 8.28. The highest BCUT2D eigenvalue weighted by molar-refractivity contribution is 7.87. The molecule has 1 unspecified atom stereocenters. The zero-order chi connectivity index (χ0) is 18.0. The van der Waals surface area contributed by atoms with Crippen molar-refractivity contribution in [3.05, 3.63) is 47.6 Å². The number of nitrogen functional groups attached to an aromatic ring is 1. The molecular formula is C17H24FN3O2S. The smallest absolute Gasteiger partial charge is 0.279 e. The van der Waals surface area contributed by atoms with Gasteiger partial charge in [-0.25, -0.2) is 4.39 Å². The van der Waals surface area contributed by atoms with Gasteiger partial charge in [-0.3, -0.25) is 0 Å². The summed E-state index contributed by atoms with van der Waals surface area (Å²) in [5, 5.41) is 0. The zero-order valence-electron chi connectivity index (χ0n) is 14.2. The van der Waals surface area contributed by atoms with Crippen molar-refractivity contribution in [3.63, 3.8) is 0 Å². The third kappa shape index (κ3) is 4.43. The highest BCUT2D eigenvalue weighted by Gasteiger charge is 2.31. The standard InChI is InChI=1S/C17H24FN3O2S/c1-17(18,12-20-24(22,23)21(2)3)15-9-7-13(8-10-15)14-5-4-6-16(19)11-14/h4-7,9,11,20H,8,10,12,19H2,1-3H3. The molecule has 132 valence electrons. The van der Waals surface area contributed by atoms with Crippen LogP contribution in [-0.2, 0) is 10.2 Å². The van der Waals surface area contributed by atoms with Crippen molar-refractivity contribution in [2.75, 3.05) is 26.4 Å². The fourth-order valence-electron chi connectivity index (χ4n) is 2.52. The Morgan fingerprint density at radius 2 is 2.00 bits per heavy atom. The fourth-order valence-corrected chi connectivity index (χ4v) is 3.23. The number of anilines is 1. The van der Waals surface area contributed by atoms with Gasteiger partial charge in [0.2, 0.25) is 0 Å². The van der Waals surface area contributed by atoms with Crippen LogP contribution in [0.1, 0.15) is 25.3 Å². The van der Waals surface area contributed by atoms with Gasteiger partial charge < -0.3 is 5.73 Å². The molecule has 0 spiro atoms. The van der Waals surface area contributed by atoms with Crippen LogP contribution in [-0.4, -0.2) is 39.0 Å². The SMILES string of the molecule is CN(C)S(=O)(=O)NCC(C)(F)C1=CC=C(c2cccc(N)c2)CC1. The van der Waals surface area contributed by atoms with Crippen LogP contribution in [0.2, 0.25) is 0 Å². The summed E-state index contributed by atoms with van der Waals surface area (Å²) in [6.07, 6.45) is 4.85. The van der Waals surface area contributed by atoms with E-state index >= 15 is 0 Å². The van der Waals surface area contributed by atoms with E-state index in [1.807, 2.05) is 30.3 Å². The Morgan fingerprint density at radius 1 is 1.29 bits per heavy atom. The third-order valence-electron chi connectivity index (χ3n) is 4.14. The lowest BCUT2D eigenvalue weighted by Crippen LogP contribution is -2.43. The maximum absolute atomic E-state index is 14.9. The van der Waals surface area contributed by atoms with Crippen molar-refractivity contribution in [2.24, 2.45) is 0 Å². The lowest BCUT2D eigenvalue weighted by atomic mass is 9.86. The summed E-state index contributed by atoms with van der Waals surface area (Å²) in [5.74, 6) is 0. The Morgan fingerprint density at radius 3 is 2.54 bits per heavy atom. The van der Waals surface area contributed by atoms with Gasteiger partial charge >= 0.3 is 0 Å². The molecular weight excluding hydrogens is 329 g/mol. The lowest BCUT2D eigenvalue weighted by molar-refractivity contribution is 0.235. The molecule has 0 amide bonds. The molecule has 1 aliphatic carbocycles. The van der Waals surface area contributed by atoms with Crippen molar-refractivity contribution in [1.82, 2.24) is 9.03 Å². The Kier molecular flexibility index (Phi) is 5.47. The molecule has 5 nitrogen and oxygen atoms in total. The van der Waals surface area contributed by atoms with E-state index in [0.29, 0.717) is 24.1 Å². The molecule has 7 heteroatoms. The maximum Gasteiger partial charge on any atom is 0.279 e. The van der Waals surface area contributed by atoms with Crippen LogP contribution in [0.5, 0.6) is 0 Å². The van der Waals surface area contributed by atoms with Crippen LogP contribution in [0.3, 0.4) is 0 Å². The van der Waals surface area contributed by atoms with Crippen LogP contribution in [0.25, 0.3) is 5.57 Å². The average molecular weight is 353 g/mol. The van der Waals surface area contributed by atoms with Crippen molar-refractivity contribution in [1.29, 1.82) is 0 Å². The first kappa shape index (κ1) is 18.6. The molecule has 2 rings (SSSR count). The first-order chi connectivity index (χ1) is 11.1. The van der Waals surface area contributed by atoms with E-state index in [-0.39, 0.29) is 6.54 Å². The molecule has 0 bridgehead atoms. The van der Waals surface area contributed by atoms with Gasteiger partial charge in [-0.1, -0.05) is 24.3 Å². The van der Waals surface area contributed by atoms with E-state index in [9.17, 15) is 12.8 Å². The summed E-state index contributed by atoms with van der Waals surface area (Å²) < 4.78 is 41.7. The predicted octanol–water partition coefficient (Wildman–Crippen LogP) is 2.50. The van der Waals surface area contributed by atoms with Gasteiger partial charge in [0.05, 0.1) is 0 Å². The van der Waals surface area contributed by atoms with E-state index in [1.165, 1.54) is 21.0 Å². The largest absolute Gasteiger partial charge is 0.399 e. The molecule has 0 saturated carbocycles. The van der Waals surface area contributed by atoms with E-state index < -0.39 is 15.9 Å². The van der Waals surface area contributed by atoms with Crippen molar-refractivity contribution in [3.8, 4) is 0 Å². The third-order valence-corrected chi connectivity index (χ3v) is 5.61. The normalized spacial score (nSPS) is 18.0. The van der Waals surface area contributed by atoms with Crippen LogP contribution in [0, 0.1) is 0 Å². The van der Waals surface area contributed by atoms with Crippen molar-refractivity contribution < 1.29 is 12.8 Å². The van der Waals surface area contributed by atoms with Gasteiger partial charge in [0, 0.05) is 26.3 Å². The van der Waals surface area contributed by atoms with E-state index in [0.717, 1.165) is 15.4 Å². The number of nitrogens with zero attached hydrogens (tertiary/aromatic N) is 1. The van der Waals surface area contributed by atoms with Gasteiger partial charge in [0.25, 0.3) is 10.2 Å². The first-order valence-corrected chi connectivity index (χ1v) is 9.18. The Bertz CT molecular complexity index is 768. The number of rotatable bonds is 6. The van der Waals surface area contributed by atoms with Gasteiger partial charge in [0.15, 0.2) is 0 Å². The van der Waals surface area contributed by atoms with Gasteiger partial charge in [-0.05, 0) is 48.6 Å². The topological polar surface area (TPSA) is 75.4 Å². The molecule has 1 aromatic carbocycles. The van der Waals surface area contributed by atoms with E-state index in [4.69, 9.17) is 5.73 Å². The van der Waals surface area contributed by atoms with Crippen LogP contribution >= 0.6 is 0 Å². The summed E-state index contributed by atoms with van der Waals surface area (Å²) in [7, 11) is -0.839. The molecule has 0 saturated heterocycles. The molecule has 0 aromatic heterocycles. The number of nitrogens with two attached hydrogens (primary N) is 1. The van der Waals surface area contributed by atoms with Gasteiger partial charge in [-0.15, -0.1) is 0 Å². The van der Waals surface area contributed by atoms with Crippen molar-refractivity contribution >= 4 is 21.5 Å². The second-order valence-electron chi connectivity index (χ2n) is 6.32. The fraction of sp³-hybridized carbons (Fsp3) is 0.412. The van der Waals surface area contributed by atoms with E-state index in [1.54, 1.807) is 6.08 Å². The molecule has 0 fully saturated rings. The molecule has 0 radical (unpaired) electrons. The summed E-state index contributed by atoms with van der Waals surface area (Å²) in [6.45, 7) is 1.11. The Balaban J connectivity index is 2.12. The summed E-state index contributed by atoms with van der Waals surface area (Å²) >= 11 is 0. The van der Waals surface area contributed by atoms with Crippen LogP contribution in [0.15, 0.2) is 42.0 Å². The quantitative estimate of drug-likeness (QED) is 0.772. The zero-order valence-corrected chi connectivity index (χ0v) is 15.0. The molecule has 1 aromatic rings. The number of nitrogens with one attached hydrogen (secondary N) is 1. The number of allylic oxidation sites excluding steroid dienone is 3. The van der Waals surface area contributed by atoms with Crippen molar-refractivity contribution in [2.45, 2.75) is 25.4 Å². The number of benzene rings is 1. The van der Waals surface area contributed by atoms with Crippen LogP contribution in [0.4, 0.5) is 10.1 Å².